The summed E-state index contributed by atoms with van der Waals surface area (Å²) in [5.74, 6) is -0.0685. The van der Waals surface area contributed by atoms with Gasteiger partial charge in [-0.15, -0.1) is 0 Å². The molecule has 0 aromatic carbocycles. The first kappa shape index (κ1) is 11.6. The summed E-state index contributed by atoms with van der Waals surface area (Å²) in [5, 5.41) is 8.86. The van der Waals surface area contributed by atoms with E-state index in [1.807, 2.05) is 0 Å². The molecule has 1 amide bonds. The van der Waals surface area contributed by atoms with Gasteiger partial charge in [0.25, 0.3) is 0 Å². The van der Waals surface area contributed by atoms with Crippen molar-refractivity contribution in [1.82, 2.24) is 4.90 Å². The summed E-state index contributed by atoms with van der Waals surface area (Å²) in [7, 11) is 0. The number of β-amino-alcohol motifs (C(OH)–C–C–N with tert-alkyl or cyclic N) is 1. The third-order valence-electron chi connectivity index (χ3n) is 2.63. The molecule has 2 rings (SSSR count). The molecule has 0 spiro atoms. The minimum Gasteiger partial charge on any atom is -0.461 e. The topological polar surface area (TPSA) is 70.8 Å². The second-order valence-electron chi connectivity index (χ2n) is 3.75. The van der Waals surface area contributed by atoms with Crippen molar-refractivity contribution < 1.29 is 19.1 Å². The molecule has 1 aromatic heterocycles. The van der Waals surface area contributed by atoms with Gasteiger partial charge in [-0.25, -0.2) is 0 Å². The van der Waals surface area contributed by atoms with Crippen molar-refractivity contribution in [3.63, 3.8) is 0 Å². The van der Waals surface area contributed by atoms with Crippen LogP contribution in [0.25, 0.3) is 0 Å². The van der Waals surface area contributed by atoms with E-state index in [1.54, 1.807) is 12.1 Å². The van der Waals surface area contributed by atoms with Gasteiger partial charge in [-0.2, -0.15) is 0 Å². The Bertz CT molecular complexity index is 447. The van der Waals surface area contributed by atoms with Crippen molar-refractivity contribution in [2.45, 2.75) is 12.8 Å². The molecule has 90 valence electrons. The average molecular weight is 235 g/mol. The summed E-state index contributed by atoms with van der Waals surface area (Å²) >= 11 is 0. The molecule has 1 aliphatic heterocycles. The summed E-state index contributed by atoms with van der Waals surface area (Å²) in [4.78, 5) is 24.7. The lowest BCUT2D eigenvalue weighted by atomic mass is 10.2. The van der Waals surface area contributed by atoms with E-state index in [9.17, 15) is 9.59 Å². The summed E-state index contributed by atoms with van der Waals surface area (Å²) < 4.78 is 4.98. The standard InChI is InChI=1S/C12H13NO4/c14-6-5-13-9(3-4-12(13)16)8-10(15)11-2-1-7-17-11/h1-2,7-8,14H,3-6H2/b9-8+. The van der Waals surface area contributed by atoms with Gasteiger partial charge < -0.3 is 14.4 Å². The molecule has 5 nitrogen and oxygen atoms in total. The van der Waals surface area contributed by atoms with Crippen molar-refractivity contribution in [3.8, 4) is 0 Å². The summed E-state index contributed by atoms with van der Waals surface area (Å²) in [6.07, 6.45) is 3.75. The Morgan fingerprint density at radius 3 is 3.00 bits per heavy atom. The number of ketones is 1. The monoisotopic (exact) mass is 235 g/mol. The van der Waals surface area contributed by atoms with Gasteiger partial charge >= 0.3 is 0 Å². The van der Waals surface area contributed by atoms with Gasteiger partial charge in [0.1, 0.15) is 0 Å². The van der Waals surface area contributed by atoms with Crippen LogP contribution in [0.15, 0.2) is 34.6 Å². The molecule has 1 aromatic rings. The van der Waals surface area contributed by atoms with Crippen molar-refractivity contribution in [1.29, 1.82) is 0 Å². The van der Waals surface area contributed by atoms with Gasteiger partial charge in [0.05, 0.1) is 12.9 Å². The van der Waals surface area contributed by atoms with Crippen LogP contribution < -0.4 is 0 Å². The van der Waals surface area contributed by atoms with Gasteiger partial charge in [-0.3, -0.25) is 9.59 Å². The third-order valence-corrected chi connectivity index (χ3v) is 2.63. The molecule has 0 unspecified atom stereocenters. The van der Waals surface area contributed by atoms with Crippen LogP contribution in [0.5, 0.6) is 0 Å². The largest absolute Gasteiger partial charge is 0.461 e. The Morgan fingerprint density at radius 1 is 1.53 bits per heavy atom. The van der Waals surface area contributed by atoms with E-state index in [2.05, 4.69) is 0 Å². The van der Waals surface area contributed by atoms with Crippen LogP contribution in [0.2, 0.25) is 0 Å². The second-order valence-corrected chi connectivity index (χ2v) is 3.75. The molecule has 0 atom stereocenters. The number of aliphatic hydroxyl groups is 1. The predicted molar refractivity (Wildman–Crippen MR) is 59.2 cm³/mol. The molecule has 17 heavy (non-hydrogen) atoms. The molecule has 0 radical (unpaired) electrons. The van der Waals surface area contributed by atoms with Crippen LogP contribution in [0.4, 0.5) is 0 Å². The Morgan fingerprint density at radius 2 is 2.35 bits per heavy atom. The second kappa shape index (κ2) is 4.97. The number of carbonyl (C=O) groups excluding carboxylic acids is 2. The highest BCUT2D eigenvalue weighted by Gasteiger charge is 2.26. The first-order valence-corrected chi connectivity index (χ1v) is 5.42. The van der Waals surface area contributed by atoms with Crippen LogP contribution in [-0.2, 0) is 4.79 Å². The van der Waals surface area contributed by atoms with Crippen molar-refractivity contribution in [3.05, 3.63) is 35.9 Å². The molecule has 1 saturated heterocycles. The zero-order valence-corrected chi connectivity index (χ0v) is 9.26. The molecule has 0 bridgehead atoms. The highest BCUT2D eigenvalue weighted by Crippen LogP contribution is 2.22. The van der Waals surface area contributed by atoms with Crippen LogP contribution >= 0.6 is 0 Å². The molecule has 5 heteroatoms. The zero-order chi connectivity index (χ0) is 12.3. The molecular weight excluding hydrogens is 222 g/mol. The Labute approximate surface area is 98.3 Å². The van der Waals surface area contributed by atoms with Crippen molar-refractivity contribution in [2.75, 3.05) is 13.2 Å². The summed E-state index contributed by atoms with van der Waals surface area (Å²) in [6.45, 7) is 0.119. The minimum absolute atomic E-state index is 0.0578. The zero-order valence-electron chi connectivity index (χ0n) is 9.26. The first-order chi connectivity index (χ1) is 8.22. The van der Waals surface area contributed by atoms with Crippen molar-refractivity contribution >= 4 is 11.7 Å². The van der Waals surface area contributed by atoms with E-state index >= 15 is 0 Å². The Kier molecular flexibility index (Phi) is 3.39. The van der Waals surface area contributed by atoms with Crippen LogP contribution in [0.1, 0.15) is 23.4 Å². The number of allylic oxidation sites excluding steroid dienone is 2. The van der Waals surface area contributed by atoms with E-state index in [1.165, 1.54) is 17.2 Å². The molecular formula is C12H13NO4. The van der Waals surface area contributed by atoms with Gasteiger partial charge in [-0.1, -0.05) is 0 Å². The summed E-state index contributed by atoms with van der Waals surface area (Å²) in [5.41, 5.74) is 0.644. The fourth-order valence-corrected chi connectivity index (χ4v) is 1.82. The lowest BCUT2D eigenvalue weighted by Gasteiger charge is -2.15. The van der Waals surface area contributed by atoms with Crippen LogP contribution in [0, 0.1) is 0 Å². The fourth-order valence-electron chi connectivity index (χ4n) is 1.82. The molecule has 1 N–H and O–H groups in total. The number of nitrogens with zero attached hydrogens (tertiary/aromatic N) is 1. The highest BCUT2D eigenvalue weighted by molar-refractivity contribution is 6.03. The quantitative estimate of drug-likeness (QED) is 0.623. The van der Waals surface area contributed by atoms with E-state index in [0.717, 1.165) is 0 Å². The number of likely N-dealkylation sites (tertiary alicyclic amines) is 1. The Balaban J connectivity index is 2.16. The van der Waals surface area contributed by atoms with E-state index in [-0.39, 0.29) is 30.6 Å². The third kappa shape index (κ3) is 2.45. The van der Waals surface area contributed by atoms with E-state index in [0.29, 0.717) is 18.5 Å². The smallest absolute Gasteiger partial charge is 0.227 e. The maximum Gasteiger partial charge on any atom is 0.227 e. The molecule has 1 aliphatic rings. The van der Waals surface area contributed by atoms with E-state index < -0.39 is 0 Å². The normalized spacial score (nSPS) is 18.1. The number of aliphatic hydroxyl groups excluding tert-OH is 1. The lowest BCUT2D eigenvalue weighted by molar-refractivity contribution is -0.127. The fraction of sp³-hybridized carbons (Fsp3) is 0.333. The number of hydrogen-bond donors (Lipinski definition) is 1. The first-order valence-electron chi connectivity index (χ1n) is 5.42. The molecule has 2 heterocycles. The number of hydrogen-bond acceptors (Lipinski definition) is 4. The Hall–Kier alpha value is -1.88. The predicted octanol–water partition coefficient (Wildman–Crippen LogP) is 0.961. The maximum absolute atomic E-state index is 11.7. The number of furan rings is 1. The summed E-state index contributed by atoms with van der Waals surface area (Å²) in [6, 6.07) is 3.21. The van der Waals surface area contributed by atoms with Gasteiger partial charge in [-0.05, 0) is 18.6 Å². The van der Waals surface area contributed by atoms with Crippen LogP contribution in [-0.4, -0.2) is 34.8 Å². The highest BCUT2D eigenvalue weighted by atomic mass is 16.3. The average Bonchev–Trinajstić information content (AvgIpc) is 2.93. The SMILES string of the molecule is O=C(/C=C1\CCC(=O)N1CCO)c1ccco1. The minimum atomic E-state index is -0.261. The molecule has 1 fully saturated rings. The number of rotatable bonds is 4. The lowest BCUT2D eigenvalue weighted by Crippen LogP contribution is -2.26. The molecule has 0 saturated carbocycles. The van der Waals surface area contributed by atoms with Crippen molar-refractivity contribution in [2.24, 2.45) is 0 Å². The van der Waals surface area contributed by atoms with Gasteiger partial charge in [0.15, 0.2) is 5.76 Å². The maximum atomic E-state index is 11.7. The number of amides is 1. The van der Waals surface area contributed by atoms with Gasteiger partial charge in [0, 0.05) is 24.7 Å². The molecule has 0 aliphatic carbocycles. The van der Waals surface area contributed by atoms with E-state index in [4.69, 9.17) is 9.52 Å². The van der Waals surface area contributed by atoms with Gasteiger partial charge in [0.2, 0.25) is 11.7 Å². The number of carbonyl (C=O) groups is 2. The van der Waals surface area contributed by atoms with Crippen LogP contribution in [0.3, 0.4) is 0 Å².